The highest BCUT2D eigenvalue weighted by Crippen LogP contribution is 2.40. The molecule has 8 bridgehead atoms. The van der Waals surface area contributed by atoms with Crippen LogP contribution in [0.4, 0.5) is 0 Å². The first kappa shape index (κ1) is 63.1. The molecule has 0 fully saturated rings. The molecule has 0 spiro atoms. The van der Waals surface area contributed by atoms with E-state index in [0.29, 0.717) is 26.4 Å². The number of aromatic amines is 2. The Kier molecular flexibility index (Phi) is 21.8. The van der Waals surface area contributed by atoms with E-state index in [-0.39, 0.29) is 0 Å². The number of rotatable bonds is 32. The molecule has 0 saturated heterocycles. The Morgan fingerprint density at radius 1 is 0.291 bits per heavy atom. The van der Waals surface area contributed by atoms with Crippen molar-refractivity contribution in [2.45, 2.75) is 96.8 Å². The normalized spacial score (nSPS) is 12.5. The summed E-state index contributed by atoms with van der Waals surface area (Å²) in [7, 11) is 20.0. The van der Waals surface area contributed by atoms with Crippen molar-refractivity contribution in [3.05, 3.63) is 144 Å². The van der Waals surface area contributed by atoms with Crippen molar-refractivity contribution in [1.82, 2.24) is 19.9 Å². The van der Waals surface area contributed by atoms with E-state index >= 15 is 0 Å². The molecule has 454 valence electrons. The van der Waals surface area contributed by atoms with Crippen molar-refractivity contribution in [3.8, 4) is 67.5 Å². The molecule has 0 unspecified atom stereocenters. The standard InChI is InChI=1S/C75H98N7O4/c1-11-12-13-14-15-16-17-18-19-20-21-52-83-60-33-25-56(26-34-60)72-64-41-43-66(76-64)73(57-27-35-61(36-28-57)84-53-22-49-80(2,3)4)68-45-47-70(78-68)75(59-31-39-63(40-32-59)86-55-24-51-82(8,9)10)71-48-46-69(79-71)74(67-44-42-65(72)77-67)58-29-37-62(38-30-58)85-54-23-50-81(5,6)7/h25-48,76,79H,11-24,49-55H2,1-10H3/q+3. The summed E-state index contributed by atoms with van der Waals surface area (Å²) >= 11 is 0. The minimum absolute atomic E-state index is 0.654. The molecule has 2 aliphatic rings. The molecule has 4 aromatic carbocycles. The molecule has 0 atom stereocenters. The summed E-state index contributed by atoms with van der Waals surface area (Å²) < 4.78 is 28.0. The molecule has 7 aromatic rings. The number of hydrogen-bond acceptors (Lipinski definition) is 6. The van der Waals surface area contributed by atoms with Crippen LogP contribution in [-0.4, -0.2) is 143 Å². The van der Waals surface area contributed by atoms with Gasteiger partial charge < -0.3 is 42.4 Å². The van der Waals surface area contributed by atoms with Gasteiger partial charge in [-0.3, -0.25) is 0 Å². The van der Waals surface area contributed by atoms with E-state index in [1.807, 2.05) is 0 Å². The Hall–Kier alpha value is -7.44. The van der Waals surface area contributed by atoms with Gasteiger partial charge in [0, 0.05) is 63.6 Å². The number of benzene rings is 4. The van der Waals surface area contributed by atoms with Crippen LogP contribution < -0.4 is 18.9 Å². The molecular formula is C75H98N7O4+3. The number of hydrogen-bond donors (Lipinski definition) is 2. The molecule has 9 rings (SSSR count). The zero-order valence-corrected chi connectivity index (χ0v) is 53.6. The van der Waals surface area contributed by atoms with Gasteiger partial charge in [-0.15, -0.1) is 0 Å². The highest BCUT2D eigenvalue weighted by Gasteiger charge is 2.20. The Balaban J connectivity index is 1.14. The maximum atomic E-state index is 6.39. The molecule has 11 heteroatoms. The first-order valence-electron chi connectivity index (χ1n) is 32.0. The lowest BCUT2D eigenvalue weighted by Crippen LogP contribution is -2.36. The minimum Gasteiger partial charge on any atom is -0.494 e. The number of quaternary nitrogens is 3. The SMILES string of the molecule is CCCCCCCCCCCCCOc1ccc(-c2c3nc(c(-c4ccc(OCCC[N+](C)(C)C)cc4)c4ccc([nH]4)c(-c4ccc(OCCC[N+](C)(C)C)cc4)c4nc(c(-c5ccc(OCCC[N+](C)(C)C)cc5)c5ccc2[nH]5)C=C4)C=C3)cc1. The van der Waals surface area contributed by atoms with Gasteiger partial charge in [0.2, 0.25) is 0 Å². The Morgan fingerprint density at radius 2 is 0.523 bits per heavy atom. The van der Waals surface area contributed by atoms with Crippen LogP contribution in [0, 0.1) is 0 Å². The van der Waals surface area contributed by atoms with Crippen molar-refractivity contribution in [2.24, 2.45) is 0 Å². The lowest BCUT2D eigenvalue weighted by Gasteiger charge is -2.23. The van der Waals surface area contributed by atoms with Crippen molar-refractivity contribution in [1.29, 1.82) is 0 Å². The largest absolute Gasteiger partial charge is 0.494 e. The van der Waals surface area contributed by atoms with Crippen LogP contribution in [-0.2, 0) is 0 Å². The molecule has 0 amide bonds. The summed E-state index contributed by atoms with van der Waals surface area (Å²) in [6, 6.07) is 42.8. The van der Waals surface area contributed by atoms with Gasteiger partial charge in [-0.05, 0) is 126 Å². The molecule has 5 heterocycles. The van der Waals surface area contributed by atoms with E-state index in [1.165, 1.54) is 64.2 Å². The van der Waals surface area contributed by atoms with E-state index < -0.39 is 0 Å². The number of fused-ring (bicyclic) bond motifs is 8. The van der Waals surface area contributed by atoms with Gasteiger partial charge in [0.05, 0.1) is 132 Å². The number of unbranched alkanes of at least 4 members (excludes halogenated alkanes) is 10. The minimum atomic E-state index is 0.654. The first-order valence-corrected chi connectivity index (χ1v) is 32.0. The number of ether oxygens (including phenoxy) is 4. The molecule has 0 radical (unpaired) electrons. The van der Waals surface area contributed by atoms with E-state index in [1.54, 1.807) is 0 Å². The van der Waals surface area contributed by atoms with Gasteiger partial charge in [-0.25, -0.2) is 9.97 Å². The smallest absolute Gasteiger partial charge is 0.119 e. The average molecular weight is 1160 g/mol. The zero-order chi connectivity index (χ0) is 60.5. The van der Waals surface area contributed by atoms with E-state index in [4.69, 9.17) is 28.9 Å². The Morgan fingerprint density at radius 3 is 0.767 bits per heavy atom. The summed E-state index contributed by atoms with van der Waals surface area (Å²) in [5.74, 6) is 3.41. The van der Waals surface area contributed by atoms with Crippen LogP contribution in [0.15, 0.2) is 121 Å². The monoisotopic (exact) mass is 1160 g/mol. The maximum Gasteiger partial charge on any atom is 0.119 e. The zero-order valence-electron chi connectivity index (χ0n) is 53.6. The summed E-state index contributed by atoms with van der Waals surface area (Å²) in [5.41, 5.74) is 15.2. The van der Waals surface area contributed by atoms with Gasteiger partial charge in [-0.1, -0.05) is 120 Å². The molecule has 86 heavy (non-hydrogen) atoms. The van der Waals surface area contributed by atoms with Crippen molar-refractivity contribution in [2.75, 3.05) is 109 Å². The fraction of sp³-hybridized carbons (Fsp3) is 0.413. The predicted octanol–water partition coefficient (Wildman–Crippen LogP) is 17.4. The molecule has 0 aliphatic carbocycles. The van der Waals surface area contributed by atoms with E-state index in [9.17, 15) is 0 Å². The molecule has 2 aliphatic heterocycles. The van der Waals surface area contributed by atoms with E-state index in [2.05, 4.69) is 226 Å². The number of nitrogens with one attached hydrogen (secondary N) is 2. The third kappa shape index (κ3) is 18.3. The first-order chi connectivity index (χ1) is 41.5. The third-order valence-corrected chi connectivity index (χ3v) is 16.1. The van der Waals surface area contributed by atoms with Gasteiger partial charge in [0.15, 0.2) is 0 Å². The molecular weight excluding hydrogens is 1060 g/mol. The van der Waals surface area contributed by atoms with Gasteiger partial charge >= 0.3 is 0 Å². The fourth-order valence-electron chi connectivity index (χ4n) is 11.4. The summed E-state index contributed by atoms with van der Waals surface area (Å²) in [4.78, 5) is 19.1. The number of H-pyrrole nitrogens is 2. The van der Waals surface area contributed by atoms with E-state index in [0.717, 1.165) is 171 Å². The summed E-state index contributed by atoms with van der Waals surface area (Å²) in [6.07, 6.45) is 25.9. The van der Waals surface area contributed by atoms with Crippen LogP contribution >= 0.6 is 0 Å². The highest BCUT2D eigenvalue weighted by molar-refractivity contribution is 6.00. The van der Waals surface area contributed by atoms with Crippen LogP contribution in [0.2, 0.25) is 0 Å². The molecule has 0 saturated carbocycles. The van der Waals surface area contributed by atoms with Crippen molar-refractivity contribution < 1.29 is 32.4 Å². The average Bonchev–Trinajstić information content (AvgIpc) is 2.57. The van der Waals surface area contributed by atoms with Gasteiger partial charge in [0.25, 0.3) is 0 Å². The van der Waals surface area contributed by atoms with Crippen LogP contribution in [0.3, 0.4) is 0 Å². The van der Waals surface area contributed by atoms with Crippen LogP contribution in [0.1, 0.15) is 120 Å². The molecule has 2 N–H and O–H groups in total. The van der Waals surface area contributed by atoms with Crippen LogP contribution in [0.25, 0.3) is 90.9 Å². The van der Waals surface area contributed by atoms with Gasteiger partial charge in [0.1, 0.15) is 23.0 Å². The third-order valence-electron chi connectivity index (χ3n) is 16.1. The van der Waals surface area contributed by atoms with Gasteiger partial charge in [-0.2, -0.15) is 0 Å². The second-order valence-electron chi connectivity index (χ2n) is 26.6. The second-order valence-corrected chi connectivity index (χ2v) is 26.6. The molecule has 11 nitrogen and oxygen atoms in total. The molecule has 3 aromatic heterocycles. The highest BCUT2D eigenvalue weighted by atomic mass is 16.5. The lowest BCUT2D eigenvalue weighted by molar-refractivity contribution is -0.870. The second kappa shape index (κ2) is 29.8. The Bertz CT molecular complexity index is 3450. The maximum absolute atomic E-state index is 6.39. The number of aromatic nitrogens is 4. The van der Waals surface area contributed by atoms with Crippen LogP contribution in [0.5, 0.6) is 23.0 Å². The Labute approximate surface area is 514 Å². The number of nitrogens with zero attached hydrogens (tertiary/aromatic N) is 5. The lowest BCUT2D eigenvalue weighted by atomic mass is 10.0. The fourth-order valence-corrected chi connectivity index (χ4v) is 11.4. The summed E-state index contributed by atoms with van der Waals surface area (Å²) in [6.45, 7) is 8.06. The van der Waals surface area contributed by atoms with Crippen molar-refractivity contribution in [3.63, 3.8) is 0 Å². The summed E-state index contributed by atoms with van der Waals surface area (Å²) in [5, 5.41) is 0. The predicted molar refractivity (Wildman–Crippen MR) is 362 cm³/mol. The quantitative estimate of drug-likeness (QED) is 0.0322. The topological polar surface area (TPSA) is 94.3 Å². The van der Waals surface area contributed by atoms with Crippen molar-refractivity contribution >= 4 is 46.4 Å².